The quantitative estimate of drug-likeness (QED) is 0.850. The van der Waals surface area contributed by atoms with Gasteiger partial charge in [0.25, 0.3) is 0 Å². The maximum atomic E-state index is 12.7. The van der Waals surface area contributed by atoms with Crippen molar-refractivity contribution in [1.82, 2.24) is 9.88 Å². The number of methoxy groups -OCH3 is 1. The fraction of sp³-hybridized carbons (Fsp3) is 0.529. The second-order valence-corrected chi connectivity index (χ2v) is 7.18. The molecule has 2 aromatic rings. The molecule has 24 heavy (non-hydrogen) atoms. The standard InChI is InChI=1S/C17H21N3O3S/c1-22-13-3-2-4-14-15(13)18-17(24-14)20-6-5-12(11-20)16(21)19-7-9-23-10-8-19/h2-4,12H,5-11H2,1H3. The van der Waals surface area contributed by atoms with E-state index < -0.39 is 0 Å². The van der Waals surface area contributed by atoms with E-state index in [-0.39, 0.29) is 11.8 Å². The third-order valence-electron chi connectivity index (χ3n) is 4.72. The van der Waals surface area contributed by atoms with E-state index in [0.717, 1.165) is 40.6 Å². The Hall–Kier alpha value is -1.86. The number of ether oxygens (including phenoxy) is 2. The van der Waals surface area contributed by atoms with Gasteiger partial charge in [0.2, 0.25) is 5.91 Å². The minimum atomic E-state index is 0.0667. The van der Waals surface area contributed by atoms with Gasteiger partial charge in [0, 0.05) is 26.2 Å². The SMILES string of the molecule is COc1cccc2sc(N3CCC(C(=O)N4CCOCC4)C3)nc12. The second kappa shape index (κ2) is 6.57. The molecule has 4 rings (SSSR count). The summed E-state index contributed by atoms with van der Waals surface area (Å²) in [5.74, 6) is 1.13. The number of carbonyl (C=O) groups excluding carboxylic acids is 1. The lowest BCUT2D eigenvalue weighted by atomic mass is 10.1. The molecule has 128 valence electrons. The number of rotatable bonds is 3. The molecule has 3 heterocycles. The van der Waals surface area contributed by atoms with Crippen molar-refractivity contribution in [2.24, 2.45) is 5.92 Å². The van der Waals surface area contributed by atoms with Gasteiger partial charge in [0.15, 0.2) is 5.13 Å². The van der Waals surface area contributed by atoms with Gasteiger partial charge in [-0.15, -0.1) is 0 Å². The van der Waals surface area contributed by atoms with Crippen molar-refractivity contribution in [3.8, 4) is 5.75 Å². The molecule has 2 saturated heterocycles. The molecule has 1 amide bonds. The molecule has 6 nitrogen and oxygen atoms in total. The number of amides is 1. The smallest absolute Gasteiger partial charge is 0.227 e. The van der Waals surface area contributed by atoms with Crippen LogP contribution in [0.2, 0.25) is 0 Å². The molecular weight excluding hydrogens is 326 g/mol. The first-order chi connectivity index (χ1) is 11.8. The molecular formula is C17H21N3O3S. The Balaban J connectivity index is 1.49. The van der Waals surface area contributed by atoms with E-state index >= 15 is 0 Å². The minimum absolute atomic E-state index is 0.0667. The number of aromatic nitrogens is 1. The predicted molar refractivity (Wildman–Crippen MR) is 93.9 cm³/mol. The van der Waals surface area contributed by atoms with Crippen LogP contribution in [0.4, 0.5) is 5.13 Å². The summed E-state index contributed by atoms with van der Waals surface area (Å²) in [7, 11) is 1.67. The summed E-state index contributed by atoms with van der Waals surface area (Å²) >= 11 is 1.66. The van der Waals surface area contributed by atoms with E-state index in [2.05, 4.69) is 11.0 Å². The highest BCUT2D eigenvalue weighted by molar-refractivity contribution is 7.22. The molecule has 1 atom stereocenters. The number of hydrogen-bond donors (Lipinski definition) is 0. The third kappa shape index (κ3) is 2.82. The van der Waals surface area contributed by atoms with Crippen LogP contribution in [0.15, 0.2) is 18.2 Å². The average molecular weight is 347 g/mol. The van der Waals surface area contributed by atoms with E-state index in [1.54, 1.807) is 18.4 Å². The highest BCUT2D eigenvalue weighted by Crippen LogP contribution is 2.36. The monoisotopic (exact) mass is 347 g/mol. The number of anilines is 1. The van der Waals surface area contributed by atoms with E-state index in [4.69, 9.17) is 14.5 Å². The van der Waals surface area contributed by atoms with Crippen LogP contribution < -0.4 is 9.64 Å². The highest BCUT2D eigenvalue weighted by Gasteiger charge is 2.33. The fourth-order valence-electron chi connectivity index (χ4n) is 3.39. The lowest BCUT2D eigenvalue weighted by Gasteiger charge is -2.29. The molecule has 0 radical (unpaired) electrons. The zero-order valence-corrected chi connectivity index (χ0v) is 14.6. The van der Waals surface area contributed by atoms with Crippen molar-refractivity contribution in [3.05, 3.63) is 18.2 Å². The van der Waals surface area contributed by atoms with Gasteiger partial charge in [-0.2, -0.15) is 0 Å². The van der Waals surface area contributed by atoms with Gasteiger partial charge in [-0.3, -0.25) is 4.79 Å². The summed E-state index contributed by atoms with van der Waals surface area (Å²) in [5, 5.41) is 0.978. The molecule has 0 bridgehead atoms. The molecule has 0 saturated carbocycles. The maximum absolute atomic E-state index is 12.7. The normalized spacial score (nSPS) is 21.5. The van der Waals surface area contributed by atoms with Crippen molar-refractivity contribution >= 4 is 32.6 Å². The first kappa shape index (κ1) is 15.7. The van der Waals surface area contributed by atoms with Gasteiger partial charge in [0.05, 0.1) is 30.9 Å². The minimum Gasteiger partial charge on any atom is -0.494 e. The average Bonchev–Trinajstić information content (AvgIpc) is 3.28. The van der Waals surface area contributed by atoms with Crippen LogP contribution in [0.3, 0.4) is 0 Å². The number of hydrogen-bond acceptors (Lipinski definition) is 6. The van der Waals surface area contributed by atoms with Crippen LogP contribution in [-0.2, 0) is 9.53 Å². The zero-order chi connectivity index (χ0) is 16.5. The number of para-hydroxylation sites is 1. The third-order valence-corrected chi connectivity index (χ3v) is 5.80. The summed E-state index contributed by atoms with van der Waals surface area (Å²) in [4.78, 5) is 21.6. The summed E-state index contributed by atoms with van der Waals surface area (Å²) in [5.41, 5.74) is 0.906. The van der Waals surface area contributed by atoms with Gasteiger partial charge < -0.3 is 19.3 Å². The lowest BCUT2D eigenvalue weighted by Crippen LogP contribution is -2.44. The van der Waals surface area contributed by atoms with E-state index in [1.807, 2.05) is 17.0 Å². The molecule has 0 spiro atoms. The molecule has 2 fully saturated rings. The summed E-state index contributed by atoms with van der Waals surface area (Å²) in [6.07, 6.45) is 0.892. The number of thiazole rings is 1. The van der Waals surface area contributed by atoms with Crippen molar-refractivity contribution in [1.29, 1.82) is 0 Å². The van der Waals surface area contributed by atoms with Crippen LogP contribution in [0.25, 0.3) is 10.2 Å². The second-order valence-electron chi connectivity index (χ2n) is 6.17. The van der Waals surface area contributed by atoms with E-state index in [0.29, 0.717) is 26.3 Å². The summed E-state index contributed by atoms with van der Waals surface area (Å²) in [6.45, 7) is 4.36. The Morgan fingerprint density at radius 2 is 2.17 bits per heavy atom. The van der Waals surface area contributed by atoms with Gasteiger partial charge in [-0.25, -0.2) is 4.98 Å². The van der Waals surface area contributed by atoms with E-state index in [9.17, 15) is 4.79 Å². The molecule has 1 aromatic carbocycles. The van der Waals surface area contributed by atoms with E-state index in [1.165, 1.54) is 0 Å². The van der Waals surface area contributed by atoms with Crippen LogP contribution in [0.1, 0.15) is 6.42 Å². The fourth-order valence-corrected chi connectivity index (χ4v) is 4.41. The predicted octanol–water partition coefficient (Wildman–Crippen LogP) is 1.99. The zero-order valence-electron chi connectivity index (χ0n) is 13.7. The van der Waals surface area contributed by atoms with Crippen LogP contribution in [0.5, 0.6) is 5.75 Å². The van der Waals surface area contributed by atoms with Crippen LogP contribution >= 0.6 is 11.3 Å². The number of benzene rings is 1. The lowest BCUT2D eigenvalue weighted by molar-refractivity contribution is -0.138. The highest BCUT2D eigenvalue weighted by atomic mass is 32.1. The Morgan fingerprint density at radius 3 is 2.96 bits per heavy atom. The molecule has 0 aliphatic carbocycles. The molecule has 2 aliphatic heterocycles. The number of fused-ring (bicyclic) bond motifs is 1. The maximum Gasteiger partial charge on any atom is 0.227 e. The largest absolute Gasteiger partial charge is 0.494 e. The van der Waals surface area contributed by atoms with Crippen molar-refractivity contribution in [2.75, 3.05) is 51.4 Å². The topological polar surface area (TPSA) is 54.9 Å². The van der Waals surface area contributed by atoms with Gasteiger partial charge in [-0.05, 0) is 18.6 Å². The molecule has 0 N–H and O–H groups in total. The van der Waals surface area contributed by atoms with Crippen molar-refractivity contribution in [3.63, 3.8) is 0 Å². The van der Waals surface area contributed by atoms with Gasteiger partial charge in [-0.1, -0.05) is 17.4 Å². The summed E-state index contributed by atoms with van der Waals surface area (Å²) < 4.78 is 11.8. The molecule has 1 aromatic heterocycles. The van der Waals surface area contributed by atoms with Gasteiger partial charge >= 0.3 is 0 Å². The Morgan fingerprint density at radius 1 is 1.33 bits per heavy atom. The first-order valence-corrected chi connectivity index (χ1v) is 9.13. The van der Waals surface area contributed by atoms with Crippen LogP contribution in [0, 0.1) is 5.92 Å². The summed E-state index contributed by atoms with van der Waals surface area (Å²) in [6, 6.07) is 5.98. The van der Waals surface area contributed by atoms with Crippen molar-refractivity contribution < 1.29 is 14.3 Å². The number of carbonyl (C=O) groups is 1. The molecule has 1 unspecified atom stereocenters. The Bertz CT molecular complexity index is 742. The van der Waals surface area contributed by atoms with Crippen molar-refractivity contribution in [2.45, 2.75) is 6.42 Å². The molecule has 7 heteroatoms. The van der Waals surface area contributed by atoms with Crippen LogP contribution in [-0.4, -0.2) is 62.3 Å². The molecule has 2 aliphatic rings. The Labute approximate surface area is 145 Å². The first-order valence-electron chi connectivity index (χ1n) is 8.31. The Kier molecular flexibility index (Phi) is 4.28. The van der Waals surface area contributed by atoms with Gasteiger partial charge in [0.1, 0.15) is 11.3 Å². The number of nitrogens with zero attached hydrogens (tertiary/aromatic N) is 3. The number of morpholine rings is 1.